The van der Waals surface area contributed by atoms with Gasteiger partial charge in [-0.05, 0) is 18.6 Å². The largest absolute Gasteiger partial charge is 0.390 e. The molecule has 1 fully saturated rings. The first-order valence-corrected chi connectivity index (χ1v) is 10.0. The van der Waals surface area contributed by atoms with Crippen molar-refractivity contribution >= 4 is 17.5 Å². The normalized spacial score (nSPS) is 17.4. The minimum Gasteiger partial charge on any atom is -0.390 e. The van der Waals surface area contributed by atoms with E-state index < -0.39 is 17.8 Å². The minimum absolute atomic E-state index is 0.0312. The van der Waals surface area contributed by atoms with Crippen molar-refractivity contribution in [3.05, 3.63) is 65.5 Å². The van der Waals surface area contributed by atoms with Crippen LogP contribution in [0.2, 0.25) is 0 Å². The third-order valence-corrected chi connectivity index (χ3v) is 5.12. The van der Waals surface area contributed by atoms with E-state index in [1.807, 2.05) is 4.90 Å². The Hall–Kier alpha value is -3.37. The number of carbonyl (C=O) groups is 1. The molecule has 3 N–H and O–H groups in total. The number of halogens is 1. The van der Waals surface area contributed by atoms with Gasteiger partial charge in [0.15, 0.2) is 5.82 Å². The number of aromatic amines is 1. The van der Waals surface area contributed by atoms with Crippen LogP contribution in [0.5, 0.6) is 0 Å². The molecule has 3 aromatic rings. The summed E-state index contributed by atoms with van der Waals surface area (Å²) in [7, 11) is 0. The van der Waals surface area contributed by atoms with Crippen molar-refractivity contribution in [2.24, 2.45) is 0 Å². The predicted molar refractivity (Wildman–Crippen MR) is 112 cm³/mol. The molecule has 3 heterocycles. The van der Waals surface area contributed by atoms with E-state index in [2.05, 4.69) is 25.5 Å². The van der Waals surface area contributed by atoms with Crippen LogP contribution in [0.1, 0.15) is 21.6 Å². The summed E-state index contributed by atoms with van der Waals surface area (Å²) >= 11 is 0. The molecule has 1 amide bonds. The second kappa shape index (κ2) is 9.19. The first kappa shape index (κ1) is 20.9. The van der Waals surface area contributed by atoms with Crippen molar-refractivity contribution < 1.29 is 14.3 Å². The topological polar surface area (TPSA) is 110 Å². The molecule has 1 aliphatic rings. The average molecular weight is 425 g/mol. The van der Waals surface area contributed by atoms with Gasteiger partial charge in [0, 0.05) is 51.2 Å². The van der Waals surface area contributed by atoms with Crippen LogP contribution in [0.3, 0.4) is 0 Å². The molecule has 1 aromatic carbocycles. The maximum atomic E-state index is 14.4. The highest BCUT2D eigenvalue weighted by molar-refractivity contribution is 5.94. The summed E-state index contributed by atoms with van der Waals surface area (Å²) in [5, 5.41) is 20.3. The van der Waals surface area contributed by atoms with Gasteiger partial charge in [-0.15, -0.1) is 0 Å². The summed E-state index contributed by atoms with van der Waals surface area (Å²) < 4.78 is 14.4. The summed E-state index contributed by atoms with van der Waals surface area (Å²) in [6, 6.07) is 6.55. The lowest BCUT2D eigenvalue weighted by Gasteiger charge is -2.22. The number of aryl methyl sites for hydroxylation is 1. The molecule has 0 bridgehead atoms. The van der Waals surface area contributed by atoms with Crippen LogP contribution < -0.4 is 5.32 Å². The first-order valence-electron chi connectivity index (χ1n) is 10.0. The number of hydrogen-bond donors (Lipinski definition) is 3. The minimum atomic E-state index is -0.752. The summed E-state index contributed by atoms with van der Waals surface area (Å²) in [5.74, 6) is 0.271. The van der Waals surface area contributed by atoms with E-state index in [9.17, 15) is 14.3 Å². The Kier molecular flexibility index (Phi) is 6.19. The van der Waals surface area contributed by atoms with E-state index in [-0.39, 0.29) is 12.1 Å². The number of aliphatic hydroxyl groups is 1. The SMILES string of the molecule is Cc1cccc(C(=O)N2CCN(Cc3cncc(Nc4cc[nH]n4)n3)CC(O)C2)c1F. The summed E-state index contributed by atoms with van der Waals surface area (Å²) in [5.41, 5.74) is 1.17. The van der Waals surface area contributed by atoms with Gasteiger partial charge in [-0.1, -0.05) is 12.1 Å². The van der Waals surface area contributed by atoms with Crippen molar-refractivity contribution in [3.63, 3.8) is 0 Å². The Bertz CT molecular complexity index is 1040. The quantitative estimate of drug-likeness (QED) is 0.571. The molecule has 0 aliphatic carbocycles. The van der Waals surface area contributed by atoms with Crippen LogP contribution in [-0.4, -0.2) is 73.3 Å². The van der Waals surface area contributed by atoms with Crippen molar-refractivity contribution in [1.29, 1.82) is 0 Å². The third kappa shape index (κ3) is 5.04. The van der Waals surface area contributed by atoms with Crippen LogP contribution in [0.25, 0.3) is 0 Å². The van der Waals surface area contributed by atoms with Crippen LogP contribution in [0.4, 0.5) is 16.0 Å². The lowest BCUT2D eigenvalue weighted by atomic mass is 10.1. The van der Waals surface area contributed by atoms with Crippen molar-refractivity contribution in [2.75, 3.05) is 31.5 Å². The number of aromatic nitrogens is 4. The van der Waals surface area contributed by atoms with E-state index in [1.165, 1.54) is 11.0 Å². The Labute approximate surface area is 178 Å². The zero-order valence-electron chi connectivity index (χ0n) is 17.1. The highest BCUT2D eigenvalue weighted by atomic mass is 19.1. The highest BCUT2D eigenvalue weighted by Gasteiger charge is 2.27. The number of carbonyl (C=O) groups excluding carboxylic acids is 1. The number of nitrogens with one attached hydrogen (secondary N) is 2. The maximum Gasteiger partial charge on any atom is 0.256 e. The fraction of sp³-hybridized carbons (Fsp3) is 0.333. The monoisotopic (exact) mass is 425 g/mol. The zero-order valence-corrected chi connectivity index (χ0v) is 17.1. The zero-order chi connectivity index (χ0) is 21.8. The van der Waals surface area contributed by atoms with Gasteiger partial charge in [-0.3, -0.25) is 19.8 Å². The van der Waals surface area contributed by atoms with Crippen molar-refractivity contribution in [3.8, 4) is 0 Å². The van der Waals surface area contributed by atoms with E-state index >= 15 is 0 Å². The number of aliphatic hydroxyl groups excluding tert-OH is 1. The second-order valence-corrected chi connectivity index (χ2v) is 7.56. The molecule has 0 spiro atoms. The molecule has 10 heteroatoms. The van der Waals surface area contributed by atoms with E-state index in [1.54, 1.807) is 43.7 Å². The number of anilines is 2. The lowest BCUT2D eigenvalue weighted by Crippen LogP contribution is -2.38. The van der Waals surface area contributed by atoms with Gasteiger partial charge < -0.3 is 15.3 Å². The van der Waals surface area contributed by atoms with Gasteiger partial charge >= 0.3 is 0 Å². The molecule has 31 heavy (non-hydrogen) atoms. The lowest BCUT2D eigenvalue weighted by molar-refractivity contribution is 0.0658. The molecule has 1 unspecified atom stereocenters. The molecule has 9 nitrogen and oxygen atoms in total. The molecule has 0 saturated carbocycles. The average Bonchev–Trinajstić information content (AvgIpc) is 3.18. The highest BCUT2D eigenvalue weighted by Crippen LogP contribution is 2.17. The molecule has 4 rings (SSSR count). The van der Waals surface area contributed by atoms with E-state index in [4.69, 9.17) is 0 Å². The van der Waals surface area contributed by atoms with Crippen LogP contribution in [-0.2, 0) is 6.54 Å². The number of amides is 1. The number of benzene rings is 1. The Morgan fingerprint density at radius 3 is 2.94 bits per heavy atom. The molecular formula is C21H24FN7O2. The molecule has 1 saturated heterocycles. The molecular weight excluding hydrogens is 401 g/mol. The summed E-state index contributed by atoms with van der Waals surface area (Å²) in [4.78, 5) is 25.1. The number of nitrogens with zero attached hydrogens (tertiary/aromatic N) is 5. The van der Waals surface area contributed by atoms with Gasteiger partial charge in [0.25, 0.3) is 5.91 Å². The summed E-state index contributed by atoms with van der Waals surface area (Å²) in [6.07, 6.45) is 4.22. The van der Waals surface area contributed by atoms with Crippen molar-refractivity contribution in [1.82, 2.24) is 30.0 Å². The Morgan fingerprint density at radius 1 is 1.26 bits per heavy atom. The summed E-state index contributed by atoms with van der Waals surface area (Å²) in [6.45, 7) is 3.51. The first-order chi connectivity index (χ1) is 15.0. The van der Waals surface area contributed by atoms with Crippen molar-refractivity contribution in [2.45, 2.75) is 19.6 Å². The molecule has 1 aliphatic heterocycles. The van der Waals surface area contributed by atoms with Crippen LogP contribution in [0.15, 0.2) is 42.9 Å². The van der Waals surface area contributed by atoms with Gasteiger partial charge in [0.2, 0.25) is 0 Å². The Morgan fingerprint density at radius 2 is 2.13 bits per heavy atom. The Balaban J connectivity index is 1.42. The third-order valence-electron chi connectivity index (χ3n) is 5.12. The number of hydrogen-bond acceptors (Lipinski definition) is 7. The fourth-order valence-electron chi connectivity index (χ4n) is 3.60. The smallest absolute Gasteiger partial charge is 0.256 e. The maximum absolute atomic E-state index is 14.4. The van der Waals surface area contributed by atoms with E-state index in [0.717, 1.165) is 5.69 Å². The number of β-amino-alcohol motifs (C(OH)–C–C–N with tert-alkyl or cyclic N) is 1. The van der Waals surface area contributed by atoms with E-state index in [0.29, 0.717) is 43.4 Å². The van der Waals surface area contributed by atoms with Crippen LogP contribution in [0, 0.1) is 12.7 Å². The predicted octanol–water partition coefficient (Wildman–Crippen LogP) is 1.71. The molecule has 162 valence electrons. The molecule has 1 atom stereocenters. The van der Waals surface area contributed by atoms with Gasteiger partial charge in [0.1, 0.15) is 11.6 Å². The van der Waals surface area contributed by atoms with Crippen LogP contribution >= 0.6 is 0 Å². The number of H-pyrrole nitrogens is 1. The second-order valence-electron chi connectivity index (χ2n) is 7.56. The van der Waals surface area contributed by atoms with Gasteiger partial charge in [-0.25, -0.2) is 9.37 Å². The van der Waals surface area contributed by atoms with Gasteiger partial charge in [0.05, 0.1) is 23.6 Å². The fourth-order valence-corrected chi connectivity index (χ4v) is 3.60. The molecule has 0 radical (unpaired) electrons. The standard InChI is InChI=1S/C21H24FN7O2/c1-14-3-2-4-17(20(14)22)21(31)29-8-7-28(12-16(30)13-29)11-15-9-23-10-19(25-15)26-18-5-6-24-27-18/h2-6,9-10,16,30H,7-8,11-13H2,1H3,(H2,24,25,26,27). The van der Waals surface area contributed by atoms with Gasteiger partial charge in [-0.2, -0.15) is 5.10 Å². The molecule has 2 aromatic heterocycles. The number of rotatable bonds is 5.